The molecule has 0 aromatic carbocycles. The lowest BCUT2D eigenvalue weighted by Gasteiger charge is -1.96. The lowest BCUT2D eigenvalue weighted by molar-refractivity contribution is 0.0998. The molecule has 0 saturated carbocycles. The van der Waals surface area contributed by atoms with Crippen LogP contribution in [-0.4, -0.2) is 15.8 Å². The van der Waals surface area contributed by atoms with E-state index in [0.29, 0.717) is 4.47 Å². The molecule has 0 bridgehead atoms. The van der Waals surface area contributed by atoms with Crippen molar-refractivity contribution in [1.29, 1.82) is 0 Å². The second-order valence-corrected chi connectivity index (χ2v) is 3.87. The highest BCUT2D eigenvalue weighted by molar-refractivity contribution is 9.10. The fourth-order valence-electron chi connectivity index (χ4n) is 1.07. The van der Waals surface area contributed by atoms with Crippen molar-refractivity contribution in [3.8, 4) is 0 Å². The second kappa shape index (κ2) is 3.94. The van der Waals surface area contributed by atoms with Gasteiger partial charge in [-0.1, -0.05) is 0 Å². The van der Waals surface area contributed by atoms with Crippen LogP contribution in [0.25, 0.3) is 0 Å². The van der Waals surface area contributed by atoms with Gasteiger partial charge in [0.2, 0.25) is 5.82 Å². The van der Waals surface area contributed by atoms with Crippen molar-refractivity contribution in [2.75, 3.05) is 0 Å². The van der Waals surface area contributed by atoms with E-state index in [-0.39, 0.29) is 17.4 Å². The van der Waals surface area contributed by atoms with E-state index in [1.165, 1.54) is 6.26 Å². The van der Waals surface area contributed by atoms with Gasteiger partial charge in [-0.15, -0.1) is 0 Å². The number of hydrogen-bond acceptors (Lipinski definition) is 4. The summed E-state index contributed by atoms with van der Waals surface area (Å²) in [5.74, 6) is 0.0296. The van der Waals surface area contributed by atoms with E-state index < -0.39 is 0 Å². The minimum Gasteiger partial charge on any atom is -0.459 e. The molecule has 15 heavy (non-hydrogen) atoms. The molecule has 0 aliphatic carbocycles. The van der Waals surface area contributed by atoms with Crippen LogP contribution in [0.3, 0.4) is 0 Å². The summed E-state index contributed by atoms with van der Waals surface area (Å²) in [5.41, 5.74) is 0.907. The summed E-state index contributed by atoms with van der Waals surface area (Å²) < 4.78 is 5.64. The van der Waals surface area contributed by atoms with Crippen LogP contribution in [0, 0.1) is 6.92 Å². The van der Waals surface area contributed by atoms with E-state index in [0.717, 1.165) is 5.56 Å². The summed E-state index contributed by atoms with van der Waals surface area (Å²) in [4.78, 5) is 19.7. The molecule has 5 heteroatoms. The third-order valence-corrected chi connectivity index (χ3v) is 2.43. The molecule has 0 aliphatic heterocycles. The van der Waals surface area contributed by atoms with Crippen LogP contribution in [0.5, 0.6) is 0 Å². The number of ketones is 1. The summed E-state index contributed by atoms with van der Waals surface area (Å²) in [5, 5.41) is 0. The fraction of sp³-hybridized carbons (Fsp3) is 0.100. The average molecular weight is 267 g/mol. The number of aromatic nitrogens is 2. The minimum absolute atomic E-state index is 0.135. The summed E-state index contributed by atoms with van der Waals surface area (Å²) >= 11 is 3.21. The summed E-state index contributed by atoms with van der Waals surface area (Å²) in [6.07, 6.45) is 4.62. The number of hydrogen-bond donors (Lipinski definition) is 0. The van der Waals surface area contributed by atoms with Crippen LogP contribution in [0.15, 0.2) is 33.6 Å². The molecule has 0 amide bonds. The molecule has 76 valence electrons. The van der Waals surface area contributed by atoms with Crippen molar-refractivity contribution in [3.63, 3.8) is 0 Å². The Morgan fingerprint density at radius 1 is 1.40 bits per heavy atom. The van der Waals surface area contributed by atoms with Crippen molar-refractivity contribution in [3.05, 3.63) is 46.3 Å². The predicted octanol–water partition coefficient (Wildman–Crippen LogP) is 2.37. The Kier molecular flexibility index (Phi) is 2.64. The maximum Gasteiger partial charge on any atom is 0.266 e. The van der Waals surface area contributed by atoms with Crippen LogP contribution in [0.1, 0.15) is 21.9 Å². The zero-order chi connectivity index (χ0) is 10.8. The lowest BCUT2D eigenvalue weighted by atomic mass is 10.3. The number of aryl methyl sites for hydroxylation is 1. The molecule has 0 spiro atoms. The van der Waals surface area contributed by atoms with Gasteiger partial charge in [0.25, 0.3) is 5.78 Å². The Labute approximate surface area is 94.5 Å². The number of furan rings is 1. The molecule has 2 aromatic heterocycles. The van der Waals surface area contributed by atoms with E-state index in [1.54, 1.807) is 18.5 Å². The van der Waals surface area contributed by atoms with Crippen molar-refractivity contribution in [1.82, 2.24) is 9.97 Å². The zero-order valence-corrected chi connectivity index (χ0v) is 9.48. The third kappa shape index (κ3) is 1.97. The molecule has 0 N–H and O–H groups in total. The normalized spacial score (nSPS) is 10.3. The lowest BCUT2D eigenvalue weighted by Crippen LogP contribution is -2.06. The smallest absolute Gasteiger partial charge is 0.266 e. The van der Waals surface area contributed by atoms with Gasteiger partial charge >= 0.3 is 0 Å². The monoisotopic (exact) mass is 266 g/mol. The van der Waals surface area contributed by atoms with E-state index >= 15 is 0 Å². The highest BCUT2D eigenvalue weighted by atomic mass is 79.9. The zero-order valence-electron chi connectivity index (χ0n) is 7.90. The Balaban J connectivity index is 2.37. The SMILES string of the molecule is Cc1cnc(C(=O)c2occc2Br)nc1. The molecular weight excluding hydrogens is 260 g/mol. The van der Waals surface area contributed by atoms with E-state index in [1.807, 2.05) is 6.92 Å². The van der Waals surface area contributed by atoms with Gasteiger partial charge in [0.15, 0.2) is 5.76 Å². The van der Waals surface area contributed by atoms with E-state index in [9.17, 15) is 4.79 Å². The van der Waals surface area contributed by atoms with Crippen molar-refractivity contribution < 1.29 is 9.21 Å². The number of rotatable bonds is 2. The van der Waals surface area contributed by atoms with Gasteiger partial charge in [0, 0.05) is 12.4 Å². The maximum absolute atomic E-state index is 11.8. The van der Waals surface area contributed by atoms with Crippen LogP contribution >= 0.6 is 15.9 Å². The number of nitrogens with zero attached hydrogens (tertiary/aromatic N) is 2. The molecule has 0 radical (unpaired) electrons. The average Bonchev–Trinajstić information content (AvgIpc) is 2.65. The van der Waals surface area contributed by atoms with Crippen molar-refractivity contribution in [2.24, 2.45) is 0 Å². The Hall–Kier alpha value is -1.49. The molecule has 2 heterocycles. The fourth-order valence-corrected chi connectivity index (χ4v) is 1.45. The van der Waals surface area contributed by atoms with Crippen LogP contribution < -0.4 is 0 Å². The van der Waals surface area contributed by atoms with Crippen LogP contribution in [-0.2, 0) is 0 Å². The van der Waals surface area contributed by atoms with Gasteiger partial charge in [-0.3, -0.25) is 4.79 Å². The van der Waals surface area contributed by atoms with Gasteiger partial charge < -0.3 is 4.42 Å². The van der Waals surface area contributed by atoms with E-state index in [4.69, 9.17) is 4.42 Å². The second-order valence-electron chi connectivity index (χ2n) is 3.01. The first-order valence-corrected chi connectivity index (χ1v) is 5.04. The van der Waals surface area contributed by atoms with Crippen molar-refractivity contribution in [2.45, 2.75) is 6.92 Å². The largest absolute Gasteiger partial charge is 0.459 e. The quantitative estimate of drug-likeness (QED) is 0.784. The first-order valence-electron chi connectivity index (χ1n) is 4.25. The summed E-state index contributed by atoms with van der Waals surface area (Å²) in [6.45, 7) is 1.86. The molecule has 2 aromatic rings. The number of halogens is 1. The number of carbonyl (C=O) groups excluding carboxylic acids is 1. The molecular formula is C10H7BrN2O2. The standard InChI is InChI=1S/C10H7BrN2O2/c1-6-4-12-10(13-5-6)8(14)9-7(11)2-3-15-9/h2-5H,1H3. The van der Waals surface area contributed by atoms with Crippen LogP contribution in [0.4, 0.5) is 0 Å². The number of carbonyl (C=O) groups is 1. The van der Waals surface area contributed by atoms with E-state index in [2.05, 4.69) is 25.9 Å². The Bertz CT molecular complexity index is 490. The Morgan fingerprint density at radius 3 is 2.60 bits per heavy atom. The highest BCUT2D eigenvalue weighted by Gasteiger charge is 2.18. The topological polar surface area (TPSA) is 56.0 Å². The molecule has 0 atom stereocenters. The third-order valence-electron chi connectivity index (χ3n) is 1.81. The molecule has 4 nitrogen and oxygen atoms in total. The molecule has 0 fully saturated rings. The first kappa shape index (κ1) is 10.0. The van der Waals surface area contributed by atoms with Gasteiger partial charge in [0.1, 0.15) is 0 Å². The maximum atomic E-state index is 11.8. The van der Waals surface area contributed by atoms with Crippen LogP contribution in [0.2, 0.25) is 0 Å². The first-order chi connectivity index (χ1) is 7.18. The minimum atomic E-state index is -0.327. The molecule has 2 rings (SSSR count). The molecule has 0 unspecified atom stereocenters. The van der Waals surface area contributed by atoms with Crippen molar-refractivity contribution >= 4 is 21.7 Å². The van der Waals surface area contributed by atoms with Gasteiger partial charge in [0.05, 0.1) is 10.7 Å². The van der Waals surface area contributed by atoms with Gasteiger partial charge in [-0.05, 0) is 34.5 Å². The van der Waals surface area contributed by atoms with Gasteiger partial charge in [-0.2, -0.15) is 0 Å². The summed E-state index contributed by atoms with van der Waals surface area (Å²) in [6, 6.07) is 1.65. The predicted molar refractivity (Wildman–Crippen MR) is 56.6 cm³/mol. The highest BCUT2D eigenvalue weighted by Crippen LogP contribution is 2.19. The van der Waals surface area contributed by atoms with Gasteiger partial charge in [-0.25, -0.2) is 9.97 Å². The molecule has 0 aliphatic rings. The molecule has 0 saturated heterocycles. The Morgan fingerprint density at radius 2 is 2.07 bits per heavy atom. The summed E-state index contributed by atoms with van der Waals surface area (Å²) in [7, 11) is 0.